The molecule has 6 aromatic carbocycles. The minimum absolute atomic E-state index is 0. The zero-order valence-corrected chi connectivity index (χ0v) is 26.0. The summed E-state index contributed by atoms with van der Waals surface area (Å²) in [5.74, 6) is 0. The van der Waals surface area contributed by atoms with Gasteiger partial charge in [-0.2, -0.15) is 0 Å². The van der Waals surface area contributed by atoms with Crippen LogP contribution < -0.4 is 61.4 Å². The Balaban J connectivity index is 0.000000210. The second-order valence-corrected chi connectivity index (χ2v) is 13.1. The fourth-order valence-corrected chi connectivity index (χ4v) is 8.97. The van der Waals surface area contributed by atoms with Crippen LogP contribution in [-0.4, -0.2) is 0 Å². The maximum absolute atomic E-state index is 2.23. The van der Waals surface area contributed by atoms with E-state index in [1.165, 1.54) is 31.8 Å². The molecule has 186 valence electrons. The van der Waals surface area contributed by atoms with E-state index in [4.69, 9.17) is 0 Å². The van der Waals surface area contributed by atoms with Crippen molar-refractivity contribution in [3.63, 3.8) is 0 Å². The molecule has 0 aliphatic heterocycles. The van der Waals surface area contributed by atoms with Gasteiger partial charge in [-0.15, -0.1) is 0 Å². The fraction of sp³-hybridized carbons (Fsp3) is 0. The molecule has 6 aromatic rings. The predicted octanol–water partition coefficient (Wildman–Crippen LogP) is 4.01. The molecule has 0 amide bonds. The molecule has 0 aromatic heterocycles. The van der Waals surface area contributed by atoms with Gasteiger partial charge in [-0.1, -0.05) is 182 Å². The summed E-state index contributed by atoms with van der Waals surface area (Å²) in [5.41, 5.74) is 0. The number of benzene rings is 6. The van der Waals surface area contributed by atoms with E-state index in [9.17, 15) is 0 Å². The van der Waals surface area contributed by atoms with E-state index in [0.717, 1.165) is 0 Å². The van der Waals surface area contributed by atoms with Gasteiger partial charge in [0.2, 0.25) is 0 Å². The molecule has 6 rings (SSSR count). The summed E-state index contributed by atoms with van der Waals surface area (Å²) in [4.78, 5) is 0. The molecular weight excluding hydrogens is 517 g/mol. The zero-order chi connectivity index (χ0) is 25.8. The standard InChI is InChI=1S/2C18H15P.Na.H/c2*1-4-10-16(11-5-1)19(17-12-6-2-7-13-17)18-14-8-3-9-15-18;;/h2*1-15H;;/q;;+1;-1. The van der Waals surface area contributed by atoms with Crippen LogP contribution >= 0.6 is 15.8 Å². The number of hydrogen-bond acceptors (Lipinski definition) is 0. The Morgan fingerprint density at radius 2 is 0.359 bits per heavy atom. The smallest absolute Gasteiger partial charge is 1.00 e. The summed E-state index contributed by atoms with van der Waals surface area (Å²) < 4.78 is 0. The van der Waals surface area contributed by atoms with Gasteiger partial charge in [-0.05, 0) is 47.7 Å². The van der Waals surface area contributed by atoms with Crippen LogP contribution in [0.15, 0.2) is 182 Å². The Bertz CT molecular complexity index is 1180. The molecule has 0 spiro atoms. The van der Waals surface area contributed by atoms with Crippen molar-refractivity contribution in [2.45, 2.75) is 0 Å². The molecule has 0 saturated heterocycles. The Kier molecular flexibility index (Phi) is 11.7. The predicted molar refractivity (Wildman–Crippen MR) is 171 cm³/mol. The molecule has 0 radical (unpaired) electrons. The first-order valence-corrected chi connectivity index (χ1v) is 15.5. The SMILES string of the molecule is [H-].[Na+].c1ccc(P(c2ccccc2)c2ccccc2)cc1.c1ccc(P(c2ccccc2)c2ccccc2)cc1. The Hall–Kier alpha value is -2.82. The fourth-order valence-electron chi connectivity index (χ4n) is 4.36. The van der Waals surface area contributed by atoms with E-state index in [-0.39, 0.29) is 31.0 Å². The van der Waals surface area contributed by atoms with Crippen LogP contribution in [0.4, 0.5) is 0 Å². The minimum Gasteiger partial charge on any atom is -1.00 e. The van der Waals surface area contributed by atoms with Crippen LogP contribution in [0.5, 0.6) is 0 Å². The summed E-state index contributed by atoms with van der Waals surface area (Å²) in [6, 6.07) is 64.7. The molecule has 0 aliphatic carbocycles. The molecular formula is C36H31NaP2. The molecule has 0 nitrogen and oxygen atoms in total. The van der Waals surface area contributed by atoms with Crippen molar-refractivity contribution in [3.05, 3.63) is 182 Å². The van der Waals surface area contributed by atoms with Gasteiger partial charge in [0, 0.05) is 0 Å². The van der Waals surface area contributed by atoms with Crippen LogP contribution in [0.25, 0.3) is 0 Å². The van der Waals surface area contributed by atoms with Crippen molar-refractivity contribution < 1.29 is 31.0 Å². The summed E-state index contributed by atoms with van der Waals surface area (Å²) >= 11 is 0. The van der Waals surface area contributed by atoms with Gasteiger partial charge in [0.05, 0.1) is 0 Å². The van der Waals surface area contributed by atoms with Crippen LogP contribution in [0.3, 0.4) is 0 Å². The summed E-state index contributed by atoms with van der Waals surface area (Å²) in [5, 5.41) is 8.39. The van der Waals surface area contributed by atoms with Gasteiger partial charge in [0.1, 0.15) is 0 Å². The Labute approximate surface area is 259 Å². The molecule has 3 heteroatoms. The van der Waals surface area contributed by atoms with Gasteiger partial charge in [0.25, 0.3) is 0 Å². The molecule has 0 atom stereocenters. The third-order valence-electron chi connectivity index (χ3n) is 6.09. The number of hydrogen-bond donors (Lipinski definition) is 0. The third-order valence-corrected chi connectivity index (χ3v) is 11.0. The Morgan fingerprint density at radius 3 is 0.487 bits per heavy atom. The van der Waals surface area contributed by atoms with Crippen molar-refractivity contribution >= 4 is 47.7 Å². The summed E-state index contributed by atoms with van der Waals surface area (Å²) in [7, 11) is -0.892. The molecule has 0 aliphatic rings. The van der Waals surface area contributed by atoms with Crippen molar-refractivity contribution in [3.8, 4) is 0 Å². The monoisotopic (exact) mass is 548 g/mol. The summed E-state index contributed by atoms with van der Waals surface area (Å²) in [6.07, 6.45) is 0. The maximum Gasteiger partial charge on any atom is 1.00 e. The first-order chi connectivity index (χ1) is 18.9. The van der Waals surface area contributed by atoms with Crippen molar-refractivity contribution in [1.82, 2.24) is 0 Å². The van der Waals surface area contributed by atoms with Crippen LogP contribution in [-0.2, 0) is 0 Å². The van der Waals surface area contributed by atoms with E-state index >= 15 is 0 Å². The van der Waals surface area contributed by atoms with Crippen molar-refractivity contribution in [2.24, 2.45) is 0 Å². The van der Waals surface area contributed by atoms with Gasteiger partial charge in [0.15, 0.2) is 0 Å². The van der Waals surface area contributed by atoms with Gasteiger partial charge in [-0.3, -0.25) is 0 Å². The van der Waals surface area contributed by atoms with Gasteiger partial charge in [-0.25, -0.2) is 0 Å². The second-order valence-electron chi connectivity index (χ2n) is 8.68. The third kappa shape index (κ3) is 8.09. The normalized spacial score (nSPS) is 10.3. The average Bonchev–Trinajstić information content (AvgIpc) is 3.01. The van der Waals surface area contributed by atoms with E-state index < -0.39 is 15.8 Å². The van der Waals surface area contributed by atoms with Crippen LogP contribution in [0, 0.1) is 0 Å². The molecule has 0 unspecified atom stereocenters. The molecule has 0 saturated carbocycles. The molecule has 0 fully saturated rings. The first kappa shape index (κ1) is 29.2. The van der Waals surface area contributed by atoms with Crippen molar-refractivity contribution in [1.29, 1.82) is 0 Å². The van der Waals surface area contributed by atoms with Crippen molar-refractivity contribution in [2.75, 3.05) is 0 Å². The van der Waals surface area contributed by atoms with E-state index in [1.54, 1.807) is 0 Å². The minimum atomic E-state index is -0.446. The maximum atomic E-state index is 2.23. The van der Waals surface area contributed by atoms with Crippen LogP contribution in [0.1, 0.15) is 1.43 Å². The average molecular weight is 549 g/mol. The zero-order valence-electron chi connectivity index (χ0n) is 23.2. The number of rotatable bonds is 6. The van der Waals surface area contributed by atoms with Crippen LogP contribution in [0.2, 0.25) is 0 Å². The van der Waals surface area contributed by atoms with E-state index in [0.29, 0.717) is 0 Å². The molecule has 0 bridgehead atoms. The van der Waals surface area contributed by atoms with Gasteiger partial charge < -0.3 is 1.43 Å². The Morgan fingerprint density at radius 1 is 0.231 bits per heavy atom. The molecule has 0 N–H and O–H groups in total. The van der Waals surface area contributed by atoms with E-state index in [2.05, 4.69) is 182 Å². The molecule has 0 heterocycles. The van der Waals surface area contributed by atoms with E-state index in [1.807, 2.05) is 0 Å². The topological polar surface area (TPSA) is 0 Å². The van der Waals surface area contributed by atoms with Gasteiger partial charge >= 0.3 is 29.6 Å². The quantitative estimate of drug-likeness (QED) is 0.218. The summed E-state index contributed by atoms with van der Waals surface area (Å²) in [6.45, 7) is 0. The first-order valence-electron chi connectivity index (χ1n) is 12.8. The second kappa shape index (κ2) is 15.7. The largest absolute Gasteiger partial charge is 1.00 e. The molecule has 39 heavy (non-hydrogen) atoms.